The lowest BCUT2D eigenvalue weighted by molar-refractivity contribution is 0.441. The average molecular weight is 370 g/mol. The van der Waals surface area contributed by atoms with E-state index in [-0.39, 0.29) is 5.82 Å². The van der Waals surface area contributed by atoms with Crippen LogP contribution in [0.4, 0.5) is 21.8 Å². The first-order valence-corrected chi connectivity index (χ1v) is 9.96. The second kappa shape index (κ2) is 8.06. The van der Waals surface area contributed by atoms with Crippen LogP contribution in [0.5, 0.6) is 0 Å². The van der Waals surface area contributed by atoms with Crippen LogP contribution in [-0.4, -0.2) is 53.9 Å². The van der Waals surface area contributed by atoms with E-state index in [0.717, 1.165) is 56.6 Å². The van der Waals surface area contributed by atoms with Gasteiger partial charge < -0.3 is 14.7 Å². The summed E-state index contributed by atoms with van der Waals surface area (Å²) < 4.78 is 13.1. The molecule has 27 heavy (non-hydrogen) atoms. The van der Waals surface area contributed by atoms with Crippen molar-refractivity contribution in [3.05, 3.63) is 36.3 Å². The quantitative estimate of drug-likeness (QED) is 0.824. The van der Waals surface area contributed by atoms with Gasteiger partial charge in [-0.05, 0) is 49.9 Å². The molecule has 2 aliphatic rings. The number of hydrogen-bond donors (Lipinski definition) is 0. The van der Waals surface area contributed by atoms with Gasteiger partial charge in [-0.2, -0.15) is 10.1 Å². The summed E-state index contributed by atoms with van der Waals surface area (Å²) in [6.07, 6.45) is 6.57. The van der Waals surface area contributed by atoms with Crippen LogP contribution in [0.3, 0.4) is 0 Å². The number of benzene rings is 1. The van der Waals surface area contributed by atoms with Gasteiger partial charge in [-0.25, -0.2) is 4.39 Å². The zero-order valence-electron chi connectivity index (χ0n) is 15.9. The third-order valence-electron chi connectivity index (χ3n) is 5.69. The van der Waals surface area contributed by atoms with Crippen molar-refractivity contribution < 1.29 is 4.39 Å². The molecule has 2 aromatic rings. The molecule has 2 aliphatic heterocycles. The number of hydrogen-bond acceptors (Lipinski definition) is 6. The summed E-state index contributed by atoms with van der Waals surface area (Å²) in [5.74, 6) is 1.47. The summed E-state index contributed by atoms with van der Waals surface area (Å²) >= 11 is 0. The molecule has 0 amide bonds. The highest BCUT2D eigenvalue weighted by molar-refractivity contribution is 5.50. The van der Waals surface area contributed by atoms with Crippen molar-refractivity contribution in [3.8, 4) is 0 Å². The summed E-state index contributed by atoms with van der Waals surface area (Å²) in [5, 5.41) is 8.56. The monoisotopic (exact) mass is 370 g/mol. The molecule has 1 aromatic heterocycles. The van der Waals surface area contributed by atoms with E-state index in [0.29, 0.717) is 6.04 Å². The van der Waals surface area contributed by atoms with Gasteiger partial charge in [-0.15, -0.1) is 5.10 Å². The van der Waals surface area contributed by atoms with Crippen LogP contribution in [0, 0.1) is 5.82 Å². The Labute approximate surface area is 160 Å². The molecule has 144 valence electrons. The minimum Gasteiger partial charge on any atom is -0.368 e. The van der Waals surface area contributed by atoms with Gasteiger partial charge in [0.2, 0.25) is 5.95 Å². The Bertz CT molecular complexity index is 744. The highest BCUT2D eigenvalue weighted by Crippen LogP contribution is 2.25. The van der Waals surface area contributed by atoms with Crippen molar-refractivity contribution in [2.45, 2.75) is 38.6 Å². The Morgan fingerprint density at radius 1 is 1.00 bits per heavy atom. The van der Waals surface area contributed by atoms with Gasteiger partial charge in [0, 0.05) is 44.5 Å². The lowest BCUT2D eigenvalue weighted by Gasteiger charge is -2.38. The number of piperidine rings is 1. The molecule has 3 heterocycles. The second-order valence-electron chi connectivity index (χ2n) is 7.32. The number of halogens is 1. The standard InChI is InChI=1S/C20H27FN6/c1-2-17-5-3-4-10-27(17)20-23-19(15-22-24-20)26-13-11-25(12-14-26)18-8-6-16(21)7-9-18/h6-9,15,17H,2-5,10-14H2,1H3. The first-order valence-electron chi connectivity index (χ1n) is 9.96. The lowest BCUT2D eigenvalue weighted by atomic mass is 10.0. The maximum atomic E-state index is 13.1. The van der Waals surface area contributed by atoms with Gasteiger partial charge in [0.15, 0.2) is 5.82 Å². The molecule has 7 heteroatoms. The van der Waals surface area contributed by atoms with Gasteiger partial charge in [0.1, 0.15) is 5.82 Å². The largest absolute Gasteiger partial charge is 0.368 e. The summed E-state index contributed by atoms with van der Waals surface area (Å²) in [6.45, 7) is 6.74. The smallest absolute Gasteiger partial charge is 0.247 e. The van der Waals surface area contributed by atoms with Gasteiger partial charge in [0.05, 0.1) is 6.20 Å². The van der Waals surface area contributed by atoms with Crippen LogP contribution in [0.1, 0.15) is 32.6 Å². The Morgan fingerprint density at radius 3 is 2.48 bits per heavy atom. The van der Waals surface area contributed by atoms with E-state index in [9.17, 15) is 4.39 Å². The lowest BCUT2D eigenvalue weighted by Crippen LogP contribution is -2.47. The van der Waals surface area contributed by atoms with E-state index in [1.54, 1.807) is 6.20 Å². The number of nitrogens with zero attached hydrogens (tertiary/aromatic N) is 6. The molecule has 0 spiro atoms. The molecule has 1 aromatic carbocycles. The third kappa shape index (κ3) is 3.96. The first kappa shape index (κ1) is 17.9. The fourth-order valence-electron chi connectivity index (χ4n) is 4.09. The molecule has 4 rings (SSSR count). The molecule has 6 nitrogen and oxygen atoms in total. The highest BCUT2D eigenvalue weighted by Gasteiger charge is 2.25. The van der Waals surface area contributed by atoms with Gasteiger partial charge in [0.25, 0.3) is 0 Å². The van der Waals surface area contributed by atoms with E-state index < -0.39 is 0 Å². The Hall–Kier alpha value is -2.44. The zero-order chi connectivity index (χ0) is 18.6. The summed E-state index contributed by atoms with van der Waals surface area (Å²) in [6, 6.07) is 7.25. The summed E-state index contributed by atoms with van der Waals surface area (Å²) in [4.78, 5) is 11.7. The Kier molecular flexibility index (Phi) is 5.36. The number of piperazine rings is 1. The van der Waals surface area contributed by atoms with E-state index >= 15 is 0 Å². The summed E-state index contributed by atoms with van der Waals surface area (Å²) in [5.41, 5.74) is 1.07. The van der Waals surface area contributed by atoms with Crippen LogP contribution in [0.15, 0.2) is 30.5 Å². The van der Waals surface area contributed by atoms with E-state index in [4.69, 9.17) is 4.98 Å². The molecule has 0 saturated carbocycles. The molecule has 0 N–H and O–H groups in total. The highest BCUT2D eigenvalue weighted by atomic mass is 19.1. The average Bonchev–Trinajstić information content (AvgIpc) is 2.74. The SMILES string of the molecule is CCC1CCCCN1c1nncc(N2CCN(c3ccc(F)cc3)CC2)n1. The van der Waals surface area contributed by atoms with Crippen molar-refractivity contribution in [3.63, 3.8) is 0 Å². The Morgan fingerprint density at radius 2 is 1.74 bits per heavy atom. The molecule has 1 unspecified atom stereocenters. The van der Waals surface area contributed by atoms with Crippen LogP contribution >= 0.6 is 0 Å². The fourth-order valence-corrected chi connectivity index (χ4v) is 4.09. The third-order valence-corrected chi connectivity index (χ3v) is 5.69. The van der Waals surface area contributed by atoms with Crippen molar-refractivity contribution >= 4 is 17.5 Å². The number of anilines is 3. The number of aromatic nitrogens is 3. The summed E-state index contributed by atoms with van der Waals surface area (Å²) in [7, 11) is 0. The van der Waals surface area contributed by atoms with Crippen molar-refractivity contribution in [1.29, 1.82) is 0 Å². The molecular weight excluding hydrogens is 343 g/mol. The van der Waals surface area contributed by atoms with Crippen molar-refractivity contribution in [2.24, 2.45) is 0 Å². The molecule has 2 saturated heterocycles. The molecule has 1 atom stereocenters. The zero-order valence-corrected chi connectivity index (χ0v) is 15.9. The molecule has 0 bridgehead atoms. The van der Waals surface area contributed by atoms with Crippen molar-refractivity contribution in [1.82, 2.24) is 15.2 Å². The van der Waals surface area contributed by atoms with Crippen LogP contribution < -0.4 is 14.7 Å². The van der Waals surface area contributed by atoms with Gasteiger partial charge in [-0.1, -0.05) is 6.92 Å². The molecular formula is C20H27FN6. The maximum Gasteiger partial charge on any atom is 0.247 e. The predicted octanol–water partition coefficient (Wildman–Crippen LogP) is 3.11. The Balaban J connectivity index is 1.43. The van der Waals surface area contributed by atoms with E-state index in [2.05, 4.69) is 31.8 Å². The van der Waals surface area contributed by atoms with E-state index in [1.807, 2.05) is 12.1 Å². The fraction of sp³-hybridized carbons (Fsp3) is 0.550. The van der Waals surface area contributed by atoms with Crippen molar-refractivity contribution in [2.75, 3.05) is 47.4 Å². The van der Waals surface area contributed by atoms with E-state index in [1.165, 1.54) is 31.4 Å². The first-order chi connectivity index (χ1) is 13.2. The predicted molar refractivity (Wildman–Crippen MR) is 106 cm³/mol. The molecule has 0 aliphatic carbocycles. The minimum absolute atomic E-state index is 0.194. The normalized spacial score (nSPS) is 20.8. The van der Waals surface area contributed by atoms with Gasteiger partial charge >= 0.3 is 0 Å². The van der Waals surface area contributed by atoms with Crippen LogP contribution in [0.2, 0.25) is 0 Å². The minimum atomic E-state index is -0.194. The topological polar surface area (TPSA) is 48.4 Å². The second-order valence-corrected chi connectivity index (χ2v) is 7.32. The molecule has 2 fully saturated rings. The van der Waals surface area contributed by atoms with Crippen LogP contribution in [-0.2, 0) is 0 Å². The van der Waals surface area contributed by atoms with Crippen LogP contribution in [0.25, 0.3) is 0 Å². The van der Waals surface area contributed by atoms with Gasteiger partial charge in [-0.3, -0.25) is 0 Å². The molecule has 0 radical (unpaired) electrons. The number of rotatable bonds is 4. The maximum absolute atomic E-state index is 13.1.